The Bertz CT molecular complexity index is 384. The van der Waals surface area contributed by atoms with Gasteiger partial charge in [0.15, 0.2) is 0 Å². The zero-order valence-electron chi connectivity index (χ0n) is 10.7. The molecule has 1 aromatic rings. The second-order valence-electron chi connectivity index (χ2n) is 4.56. The van der Waals surface area contributed by atoms with Crippen molar-refractivity contribution in [2.75, 3.05) is 12.4 Å². The summed E-state index contributed by atoms with van der Waals surface area (Å²) >= 11 is 0. The van der Waals surface area contributed by atoms with Gasteiger partial charge >= 0.3 is 5.97 Å². The van der Waals surface area contributed by atoms with Gasteiger partial charge in [0, 0.05) is 12.8 Å². The molecule has 1 rings (SSSR count). The number of rotatable bonds is 5. The third-order valence-corrected chi connectivity index (χ3v) is 3.08. The summed E-state index contributed by atoms with van der Waals surface area (Å²) in [5, 5.41) is 12.1. The zero-order valence-corrected chi connectivity index (χ0v) is 10.7. The van der Waals surface area contributed by atoms with Gasteiger partial charge in [-0.05, 0) is 45.0 Å². The van der Waals surface area contributed by atoms with Crippen molar-refractivity contribution in [1.82, 2.24) is 0 Å². The van der Waals surface area contributed by atoms with Gasteiger partial charge in [0.1, 0.15) is 0 Å². The molecule has 1 aromatic carbocycles. The first-order chi connectivity index (χ1) is 7.86. The summed E-state index contributed by atoms with van der Waals surface area (Å²) in [6, 6.07) is 6.79. The molecule has 0 saturated carbocycles. The van der Waals surface area contributed by atoms with Crippen LogP contribution in [0, 0.1) is 0 Å². The van der Waals surface area contributed by atoms with Crippen LogP contribution in [0.2, 0.25) is 0 Å². The third-order valence-electron chi connectivity index (χ3n) is 3.08. The van der Waals surface area contributed by atoms with Crippen molar-refractivity contribution < 1.29 is 14.6 Å². The van der Waals surface area contributed by atoms with Crippen LogP contribution in [0.15, 0.2) is 24.3 Å². The highest BCUT2D eigenvalue weighted by atomic mass is 16.5. The summed E-state index contributed by atoms with van der Waals surface area (Å²) in [5.41, 5.74) is 0.882. The van der Waals surface area contributed by atoms with Crippen LogP contribution in [0.5, 0.6) is 0 Å². The lowest BCUT2D eigenvalue weighted by atomic mass is 10.00. The topological polar surface area (TPSA) is 58.6 Å². The number of benzene rings is 1. The van der Waals surface area contributed by atoms with E-state index in [1.165, 1.54) is 0 Å². The number of ether oxygens (including phenoxy) is 1. The Labute approximate surface area is 102 Å². The minimum Gasteiger partial charge on any atom is -0.478 e. The Kier molecular flexibility index (Phi) is 4.12. The molecule has 4 nitrogen and oxygen atoms in total. The van der Waals surface area contributed by atoms with E-state index in [4.69, 9.17) is 9.84 Å². The standard InChI is InChI=1S/C13H19NO3/c1-9(13(2,3)17-4)14-11-7-5-10(6-8-11)12(15)16/h5-9,14H,1-4H3,(H,15,16). The van der Waals surface area contributed by atoms with Gasteiger partial charge in [-0.2, -0.15) is 0 Å². The van der Waals surface area contributed by atoms with E-state index in [1.54, 1.807) is 31.4 Å². The smallest absolute Gasteiger partial charge is 0.335 e. The Morgan fingerprint density at radius 1 is 1.35 bits per heavy atom. The molecule has 0 aliphatic rings. The summed E-state index contributed by atoms with van der Waals surface area (Å²) in [7, 11) is 1.67. The van der Waals surface area contributed by atoms with Crippen LogP contribution in [-0.4, -0.2) is 29.8 Å². The highest BCUT2D eigenvalue weighted by Crippen LogP contribution is 2.19. The summed E-state index contributed by atoms with van der Waals surface area (Å²) in [6.07, 6.45) is 0. The van der Waals surface area contributed by atoms with Gasteiger partial charge in [-0.1, -0.05) is 0 Å². The molecule has 0 bridgehead atoms. The van der Waals surface area contributed by atoms with Gasteiger partial charge in [-0.15, -0.1) is 0 Å². The first-order valence-electron chi connectivity index (χ1n) is 5.52. The van der Waals surface area contributed by atoms with E-state index in [2.05, 4.69) is 5.32 Å². The monoisotopic (exact) mass is 237 g/mol. The average Bonchev–Trinajstić information content (AvgIpc) is 2.29. The van der Waals surface area contributed by atoms with Crippen LogP contribution in [0.1, 0.15) is 31.1 Å². The fourth-order valence-electron chi connectivity index (χ4n) is 1.31. The fraction of sp³-hybridized carbons (Fsp3) is 0.462. The van der Waals surface area contributed by atoms with E-state index < -0.39 is 5.97 Å². The second kappa shape index (κ2) is 5.19. The van der Waals surface area contributed by atoms with Crippen LogP contribution in [0.3, 0.4) is 0 Å². The second-order valence-corrected chi connectivity index (χ2v) is 4.56. The molecule has 1 atom stereocenters. The van der Waals surface area contributed by atoms with Crippen molar-refractivity contribution in [1.29, 1.82) is 0 Å². The van der Waals surface area contributed by atoms with Crippen LogP contribution >= 0.6 is 0 Å². The number of carboxylic acid groups (broad SMARTS) is 1. The van der Waals surface area contributed by atoms with Gasteiger partial charge in [0.05, 0.1) is 17.2 Å². The van der Waals surface area contributed by atoms with Crippen LogP contribution in [0.25, 0.3) is 0 Å². The van der Waals surface area contributed by atoms with E-state index in [0.717, 1.165) is 5.69 Å². The van der Waals surface area contributed by atoms with Gasteiger partial charge in [0.2, 0.25) is 0 Å². The van der Waals surface area contributed by atoms with Gasteiger partial charge in [0.25, 0.3) is 0 Å². The van der Waals surface area contributed by atoms with E-state index in [0.29, 0.717) is 0 Å². The molecular formula is C13H19NO3. The van der Waals surface area contributed by atoms with Gasteiger partial charge < -0.3 is 15.2 Å². The van der Waals surface area contributed by atoms with Crippen LogP contribution < -0.4 is 5.32 Å². The van der Waals surface area contributed by atoms with Crippen molar-refractivity contribution in [3.05, 3.63) is 29.8 Å². The predicted molar refractivity (Wildman–Crippen MR) is 67.6 cm³/mol. The SMILES string of the molecule is COC(C)(C)C(C)Nc1ccc(C(=O)O)cc1. The molecule has 1 unspecified atom stereocenters. The highest BCUT2D eigenvalue weighted by Gasteiger charge is 2.24. The Morgan fingerprint density at radius 3 is 2.29 bits per heavy atom. The van der Waals surface area contributed by atoms with Crippen LogP contribution in [0.4, 0.5) is 5.69 Å². The van der Waals surface area contributed by atoms with E-state index in [-0.39, 0.29) is 17.2 Å². The minimum atomic E-state index is -0.915. The molecule has 0 saturated heterocycles. The number of nitrogens with one attached hydrogen (secondary N) is 1. The summed E-state index contributed by atoms with van der Waals surface area (Å²) in [4.78, 5) is 10.7. The van der Waals surface area contributed by atoms with E-state index in [9.17, 15) is 4.79 Å². The predicted octanol–water partition coefficient (Wildman–Crippen LogP) is 2.61. The first-order valence-corrected chi connectivity index (χ1v) is 5.52. The van der Waals surface area contributed by atoms with Crippen LogP contribution in [-0.2, 0) is 4.74 Å². The fourth-order valence-corrected chi connectivity index (χ4v) is 1.31. The first kappa shape index (κ1) is 13.5. The molecule has 17 heavy (non-hydrogen) atoms. The van der Waals surface area contributed by atoms with E-state index in [1.807, 2.05) is 20.8 Å². The largest absolute Gasteiger partial charge is 0.478 e. The molecule has 4 heteroatoms. The number of methoxy groups -OCH3 is 1. The van der Waals surface area contributed by atoms with Gasteiger partial charge in [-0.3, -0.25) is 0 Å². The molecule has 0 aromatic heterocycles. The maximum atomic E-state index is 10.7. The van der Waals surface area contributed by atoms with E-state index >= 15 is 0 Å². The molecule has 0 fully saturated rings. The summed E-state index contributed by atoms with van der Waals surface area (Å²) in [5.74, 6) is -0.915. The maximum Gasteiger partial charge on any atom is 0.335 e. The molecule has 94 valence electrons. The number of carboxylic acids is 1. The lowest BCUT2D eigenvalue weighted by molar-refractivity contribution is 0.0107. The number of carbonyl (C=O) groups is 1. The summed E-state index contributed by atoms with van der Waals surface area (Å²) in [6.45, 7) is 6.02. The lowest BCUT2D eigenvalue weighted by Gasteiger charge is -2.31. The van der Waals surface area contributed by atoms with Crippen molar-refractivity contribution in [2.24, 2.45) is 0 Å². The molecular weight excluding hydrogens is 218 g/mol. The molecule has 2 N–H and O–H groups in total. The lowest BCUT2D eigenvalue weighted by Crippen LogP contribution is -2.41. The minimum absolute atomic E-state index is 0.114. The third kappa shape index (κ3) is 3.46. The Hall–Kier alpha value is -1.55. The number of anilines is 1. The Balaban J connectivity index is 2.73. The maximum absolute atomic E-state index is 10.7. The quantitative estimate of drug-likeness (QED) is 0.826. The summed E-state index contributed by atoms with van der Waals surface area (Å²) < 4.78 is 5.38. The average molecular weight is 237 g/mol. The highest BCUT2D eigenvalue weighted by molar-refractivity contribution is 5.87. The zero-order chi connectivity index (χ0) is 13.1. The molecule has 0 aliphatic carbocycles. The molecule has 0 spiro atoms. The Morgan fingerprint density at radius 2 is 1.88 bits per heavy atom. The molecule has 0 heterocycles. The van der Waals surface area contributed by atoms with Crippen molar-refractivity contribution in [2.45, 2.75) is 32.4 Å². The number of hydrogen-bond acceptors (Lipinski definition) is 3. The van der Waals surface area contributed by atoms with Gasteiger partial charge in [-0.25, -0.2) is 4.79 Å². The number of hydrogen-bond donors (Lipinski definition) is 2. The van der Waals surface area contributed by atoms with Crippen molar-refractivity contribution >= 4 is 11.7 Å². The van der Waals surface area contributed by atoms with Crippen molar-refractivity contribution in [3.8, 4) is 0 Å². The normalized spacial score (nSPS) is 13.2. The van der Waals surface area contributed by atoms with Crippen molar-refractivity contribution in [3.63, 3.8) is 0 Å². The molecule has 0 aliphatic heterocycles. The molecule has 0 amide bonds. The molecule has 0 radical (unpaired) electrons. The number of aromatic carboxylic acids is 1.